The van der Waals surface area contributed by atoms with Crippen molar-refractivity contribution in [1.29, 1.82) is 0 Å². The van der Waals surface area contributed by atoms with Crippen LogP contribution in [0.2, 0.25) is 5.15 Å². The van der Waals surface area contributed by atoms with Gasteiger partial charge in [0.2, 0.25) is 0 Å². The lowest BCUT2D eigenvalue weighted by molar-refractivity contribution is 0.0487. The SMILES string of the molecule is OC1CC(CNc2nc(Cl)cs2)C1. The third kappa shape index (κ3) is 2.33. The predicted octanol–water partition coefficient (Wildman–Crippen LogP) is 1.98. The summed E-state index contributed by atoms with van der Waals surface area (Å²) < 4.78 is 0. The second-order valence-electron chi connectivity index (χ2n) is 3.35. The molecule has 3 nitrogen and oxygen atoms in total. The van der Waals surface area contributed by atoms with E-state index in [4.69, 9.17) is 16.7 Å². The molecule has 0 atom stereocenters. The van der Waals surface area contributed by atoms with E-state index in [2.05, 4.69) is 10.3 Å². The first-order valence-electron chi connectivity index (χ1n) is 4.27. The molecule has 1 aliphatic carbocycles. The summed E-state index contributed by atoms with van der Waals surface area (Å²) in [6.07, 6.45) is 1.74. The van der Waals surface area contributed by atoms with Gasteiger partial charge in [0.05, 0.1) is 6.10 Å². The molecular weight excluding hydrogens is 208 g/mol. The quantitative estimate of drug-likeness (QED) is 0.816. The maximum absolute atomic E-state index is 9.06. The fourth-order valence-corrected chi connectivity index (χ4v) is 2.28. The van der Waals surface area contributed by atoms with Gasteiger partial charge < -0.3 is 10.4 Å². The average Bonchev–Trinajstić information content (AvgIpc) is 2.43. The summed E-state index contributed by atoms with van der Waals surface area (Å²) in [7, 11) is 0. The monoisotopic (exact) mass is 218 g/mol. The van der Waals surface area contributed by atoms with Gasteiger partial charge in [-0.2, -0.15) is 0 Å². The first kappa shape index (κ1) is 9.24. The van der Waals surface area contributed by atoms with E-state index >= 15 is 0 Å². The van der Waals surface area contributed by atoms with E-state index in [1.165, 1.54) is 11.3 Å². The maximum Gasteiger partial charge on any atom is 0.184 e. The van der Waals surface area contributed by atoms with Crippen molar-refractivity contribution < 1.29 is 5.11 Å². The molecule has 0 amide bonds. The Bertz CT molecular complexity index is 285. The summed E-state index contributed by atoms with van der Waals surface area (Å²) in [5.41, 5.74) is 0. The fourth-order valence-electron chi connectivity index (χ4n) is 1.43. The van der Waals surface area contributed by atoms with Gasteiger partial charge in [-0.1, -0.05) is 11.6 Å². The Morgan fingerprint density at radius 2 is 2.46 bits per heavy atom. The molecule has 0 aromatic carbocycles. The highest BCUT2D eigenvalue weighted by Crippen LogP contribution is 2.28. The molecule has 72 valence electrons. The molecule has 1 heterocycles. The number of aliphatic hydroxyl groups is 1. The molecule has 2 N–H and O–H groups in total. The van der Waals surface area contributed by atoms with Crippen LogP contribution >= 0.6 is 22.9 Å². The average molecular weight is 219 g/mol. The zero-order chi connectivity index (χ0) is 9.26. The summed E-state index contributed by atoms with van der Waals surface area (Å²) in [5, 5.41) is 15.5. The number of anilines is 1. The molecule has 2 rings (SSSR count). The number of hydrogen-bond donors (Lipinski definition) is 2. The molecule has 1 aromatic rings. The van der Waals surface area contributed by atoms with Crippen LogP contribution in [-0.4, -0.2) is 22.7 Å². The molecule has 0 saturated heterocycles. The zero-order valence-electron chi connectivity index (χ0n) is 7.03. The van der Waals surface area contributed by atoms with Crippen molar-refractivity contribution in [1.82, 2.24) is 4.98 Å². The molecule has 0 bridgehead atoms. The van der Waals surface area contributed by atoms with Crippen molar-refractivity contribution in [3.63, 3.8) is 0 Å². The maximum atomic E-state index is 9.06. The van der Waals surface area contributed by atoms with E-state index in [0.717, 1.165) is 24.5 Å². The van der Waals surface area contributed by atoms with Gasteiger partial charge in [-0.05, 0) is 18.8 Å². The van der Waals surface area contributed by atoms with Crippen LogP contribution in [-0.2, 0) is 0 Å². The smallest absolute Gasteiger partial charge is 0.184 e. The van der Waals surface area contributed by atoms with Crippen LogP contribution in [0.4, 0.5) is 5.13 Å². The van der Waals surface area contributed by atoms with Crippen LogP contribution in [0.1, 0.15) is 12.8 Å². The Kier molecular flexibility index (Phi) is 2.71. The van der Waals surface area contributed by atoms with Gasteiger partial charge in [0.25, 0.3) is 0 Å². The van der Waals surface area contributed by atoms with Gasteiger partial charge in [0.1, 0.15) is 5.15 Å². The molecule has 1 aromatic heterocycles. The largest absolute Gasteiger partial charge is 0.393 e. The number of rotatable bonds is 3. The molecule has 0 radical (unpaired) electrons. The van der Waals surface area contributed by atoms with Crippen molar-refractivity contribution in [2.75, 3.05) is 11.9 Å². The summed E-state index contributed by atoms with van der Waals surface area (Å²) in [4.78, 5) is 4.07. The molecule has 13 heavy (non-hydrogen) atoms. The minimum Gasteiger partial charge on any atom is -0.393 e. The highest BCUT2D eigenvalue weighted by atomic mass is 35.5. The highest BCUT2D eigenvalue weighted by molar-refractivity contribution is 7.14. The highest BCUT2D eigenvalue weighted by Gasteiger charge is 2.26. The summed E-state index contributed by atoms with van der Waals surface area (Å²) in [5.74, 6) is 0.595. The molecule has 0 unspecified atom stereocenters. The Labute approximate surface area is 85.8 Å². The van der Waals surface area contributed by atoms with Crippen LogP contribution in [0.25, 0.3) is 0 Å². The van der Waals surface area contributed by atoms with E-state index in [-0.39, 0.29) is 6.10 Å². The van der Waals surface area contributed by atoms with Crippen LogP contribution in [0, 0.1) is 5.92 Å². The third-order valence-electron chi connectivity index (χ3n) is 2.23. The number of hydrogen-bond acceptors (Lipinski definition) is 4. The van der Waals surface area contributed by atoms with Gasteiger partial charge in [0.15, 0.2) is 5.13 Å². The van der Waals surface area contributed by atoms with Gasteiger partial charge in [-0.3, -0.25) is 0 Å². The van der Waals surface area contributed by atoms with Crippen molar-refractivity contribution in [2.24, 2.45) is 5.92 Å². The van der Waals surface area contributed by atoms with Gasteiger partial charge >= 0.3 is 0 Å². The van der Waals surface area contributed by atoms with Crippen molar-refractivity contribution in [3.05, 3.63) is 10.5 Å². The van der Waals surface area contributed by atoms with E-state index < -0.39 is 0 Å². The molecule has 0 spiro atoms. The topological polar surface area (TPSA) is 45.1 Å². The Balaban J connectivity index is 1.74. The van der Waals surface area contributed by atoms with E-state index in [1.807, 2.05) is 0 Å². The number of nitrogens with zero attached hydrogens (tertiary/aromatic N) is 1. The Morgan fingerprint density at radius 1 is 1.69 bits per heavy atom. The van der Waals surface area contributed by atoms with Crippen molar-refractivity contribution in [3.8, 4) is 0 Å². The van der Waals surface area contributed by atoms with Gasteiger partial charge in [-0.15, -0.1) is 11.3 Å². The van der Waals surface area contributed by atoms with E-state index in [9.17, 15) is 0 Å². The third-order valence-corrected chi connectivity index (χ3v) is 3.35. The number of nitrogens with one attached hydrogen (secondary N) is 1. The van der Waals surface area contributed by atoms with Crippen LogP contribution in [0.15, 0.2) is 5.38 Å². The number of aliphatic hydroxyl groups excluding tert-OH is 1. The second-order valence-corrected chi connectivity index (χ2v) is 4.59. The predicted molar refractivity (Wildman–Crippen MR) is 54.3 cm³/mol. The van der Waals surface area contributed by atoms with Gasteiger partial charge in [0, 0.05) is 11.9 Å². The lowest BCUT2D eigenvalue weighted by atomic mass is 9.82. The summed E-state index contributed by atoms with van der Waals surface area (Å²) >= 11 is 7.18. The normalized spacial score (nSPS) is 26.9. The Morgan fingerprint density at radius 3 is 3.00 bits per heavy atom. The van der Waals surface area contributed by atoms with Crippen LogP contribution in [0.3, 0.4) is 0 Å². The zero-order valence-corrected chi connectivity index (χ0v) is 8.61. The second kappa shape index (κ2) is 3.82. The van der Waals surface area contributed by atoms with E-state index in [1.54, 1.807) is 5.38 Å². The molecule has 0 aliphatic heterocycles. The summed E-state index contributed by atoms with van der Waals surface area (Å²) in [6, 6.07) is 0. The summed E-state index contributed by atoms with van der Waals surface area (Å²) in [6.45, 7) is 0.890. The minimum absolute atomic E-state index is 0.0771. The number of aromatic nitrogens is 1. The lowest BCUT2D eigenvalue weighted by Crippen LogP contribution is -2.33. The van der Waals surface area contributed by atoms with Gasteiger partial charge in [-0.25, -0.2) is 4.98 Å². The number of thiazole rings is 1. The first-order valence-corrected chi connectivity index (χ1v) is 5.53. The van der Waals surface area contributed by atoms with Crippen molar-refractivity contribution in [2.45, 2.75) is 18.9 Å². The lowest BCUT2D eigenvalue weighted by Gasteiger charge is -2.31. The standard InChI is InChI=1S/C8H11ClN2OS/c9-7-4-13-8(11-7)10-3-5-1-6(12)2-5/h4-6,12H,1-3H2,(H,10,11). The Hall–Kier alpha value is -0.320. The van der Waals surface area contributed by atoms with E-state index in [0.29, 0.717) is 11.1 Å². The molecule has 1 fully saturated rings. The molecular formula is C8H11ClN2OS. The van der Waals surface area contributed by atoms with Crippen LogP contribution < -0.4 is 5.32 Å². The molecule has 5 heteroatoms. The fraction of sp³-hybridized carbons (Fsp3) is 0.625. The first-order chi connectivity index (χ1) is 6.24. The molecule has 1 saturated carbocycles. The molecule has 1 aliphatic rings. The number of halogens is 1. The van der Waals surface area contributed by atoms with Crippen LogP contribution in [0.5, 0.6) is 0 Å². The van der Waals surface area contributed by atoms with Crippen molar-refractivity contribution >= 4 is 28.1 Å². The minimum atomic E-state index is -0.0771.